The molecule has 338 valence electrons. The highest BCUT2D eigenvalue weighted by Crippen LogP contribution is 2.37. The first-order chi connectivity index (χ1) is 27.0. The van der Waals surface area contributed by atoms with Crippen molar-refractivity contribution in [3.63, 3.8) is 0 Å². The number of hydrogen-bond acceptors (Lipinski definition) is 4. The molecule has 0 aromatic rings. The van der Waals surface area contributed by atoms with Crippen LogP contribution in [0.5, 0.6) is 0 Å². The smallest absolute Gasteiger partial charge is 0.223 e. The number of carbonyl (C=O) groups is 4. The Labute approximate surface area is 357 Å². The predicted octanol–water partition coefficient (Wildman–Crippen LogP) is 10.9. The molecule has 0 aliphatic heterocycles. The Morgan fingerprint density at radius 1 is 0.431 bits per heavy atom. The quantitative estimate of drug-likeness (QED) is 0.176. The van der Waals surface area contributed by atoms with E-state index in [-0.39, 0.29) is 19.2 Å². The highest BCUT2D eigenvalue weighted by atomic mass is 16.2. The molecule has 6 fully saturated rings. The van der Waals surface area contributed by atoms with Crippen LogP contribution in [0.4, 0.5) is 0 Å². The number of rotatable bonds is 10. The second kappa shape index (κ2) is 26.3. The van der Waals surface area contributed by atoms with Gasteiger partial charge in [-0.1, -0.05) is 69.7 Å². The maximum Gasteiger partial charge on any atom is 0.223 e. The second-order valence-corrected chi connectivity index (χ2v) is 20.8. The third-order valence-corrected chi connectivity index (χ3v) is 15.0. The molecule has 8 heteroatoms. The Morgan fingerprint density at radius 2 is 0.707 bits per heavy atom. The van der Waals surface area contributed by atoms with Crippen molar-refractivity contribution >= 4 is 23.6 Å². The van der Waals surface area contributed by atoms with E-state index in [4.69, 9.17) is 0 Å². The Morgan fingerprint density at radius 3 is 0.983 bits per heavy atom. The van der Waals surface area contributed by atoms with Crippen LogP contribution in [0.15, 0.2) is 0 Å². The van der Waals surface area contributed by atoms with E-state index in [2.05, 4.69) is 83.6 Å². The fourth-order valence-corrected chi connectivity index (χ4v) is 9.94. The van der Waals surface area contributed by atoms with Crippen LogP contribution in [0.3, 0.4) is 0 Å². The Hall–Kier alpha value is -2.12. The number of hydrogen-bond donors (Lipinski definition) is 4. The van der Waals surface area contributed by atoms with Crippen molar-refractivity contribution in [1.29, 1.82) is 0 Å². The molecule has 0 spiro atoms. The molecular weight excluding hydrogens is 721 g/mol. The fourth-order valence-electron chi connectivity index (χ4n) is 9.94. The summed E-state index contributed by atoms with van der Waals surface area (Å²) in [6.07, 6.45) is 22.6. The van der Waals surface area contributed by atoms with Gasteiger partial charge in [-0.3, -0.25) is 19.2 Å². The first-order valence-electron chi connectivity index (χ1n) is 24.1. The standard InChI is InChI=1S/C14H25NO.C13H23NO.2C11H21NO.CH4/c1-9(2)11-4-6-12(7-5-11)14(16)15-13-8-10(13)3;1-9(2)10-3-5-11(6-4-10)13(15)14-12-7-8-12;1-8(2)9-4-6-10(7-5-9)11(13)12-3;1-8(2)10-4-6-11(7-5-10)12-9(3)13;/h9-13H,4-8H2,1-3H3,(H,15,16);9-12H,3-8H2,1-2H3,(H,14,15);8-10H,4-7H2,1-3H3,(H,12,13);8,10-11H,4-7H2,1-3H3,(H,12,13);1H4. The van der Waals surface area contributed by atoms with Gasteiger partial charge in [-0.05, 0) is 175 Å². The van der Waals surface area contributed by atoms with E-state index >= 15 is 0 Å². The maximum atomic E-state index is 12.0. The third-order valence-electron chi connectivity index (χ3n) is 15.0. The van der Waals surface area contributed by atoms with Crippen molar-refractivity contribution in [2.24, 2.45) is 71.0 Å². The summed E-state index contributed by atoms with van der Waals surface area (Å²) in [5, 5.41) is 12.0. The largest absolute Gasteiger partial charge is 0.359 e. The summed E-state index contributed by atoms with van der Waals surface area (Å²) in [4.78, 5) is 45.9. The van der Waals surface area contributed by atoms with Crippen molar-refractivity contribution in [3.8, 4) is 0 Å². The van der Waals surface area contributed by atoms with Crippen LogP contribution in [-0.2, 0) is 19.2 Å². The van der Waals surface area contributed by atoms with Crippen LogP contribution in [0, 0.1) is 71.0 Å². The van der Waals surface area contributed by atoms with E-state index < -0.39 is 0 Å². The molecular formula is C50H94N4O4. The summed E-state index contributed by atoms with van der Waals surface area (Å²) in [7, 11) is 1.73. The van der Waals surface area contributed by atoms with Gasteiger partial charge in [0.1, 0.15) is 0 Å². The third kappa shape index (κ3) is 19.1. The van der Waals surface area contributed by atoms with E-state index in [9.17, 15) is 19.2 Å². The van der Waals surface area contributed by atoms with Crippen molar-refractivity contribution < 1.29 is 19.2 Å². The fraction of sp³-hybridized carbons (Fsp3) is 0.920. The van der Waals surface area contributed by atoms with Crippen molar-refractivity contribution in [1.82, 2.24) is 21.3 Å². The van der Waals surface area contributed by atoms with E-state index in [1.165, 1.54) is 83.5 Å². The Kier molecular flexibility index (Phi) is 23.6. The molecule has 58 heavy (non-hydrogen) atoms. The monoisotopic (exact) mass is 815 g/mol. The summed E-state index contributed by atoms with van der Waals surface area (Å²) in [5.41, 5.74) is 0. The van der Waals surface area contributed by atoms with Gasteiger partial charge < -0.3 is 21.3 Å². The zero-order chi connectivity index (χ0) is 42.2. The molecule has 6 saturated carbocycles. The first-order valence-corrected chi connectivity index (χ1v) is 24.1. The Balaban J connectivity index is 0.000000266. The molecule has 8 nitrogen and oxygen atoms in total. The lowest BCUT2D eigenvalue weighted by molar-refractivity contribution is -0.127. The first kappa shape index (κ1) is 52.0. The summed E-state index contributed by atoms with van der Waals surface area (Å²) in [6, 6.07) is 1.48. The van der Waals surface area contributed by atoms with E-state index in [1.807, 2.05) is 0 Å². The number of carbonyl (C=O) groups excluding carboxylic acids is 4. The van der Waals surface area contributed by atoms with Gasteiger partial charge >= 0.3 is 0 Å². The predicted molar refractivity (Wildman–Crippen MR) is 243 cm³/mol. The highest BCUT2D eigenvalue weighted by Gasteiger charge is 2.37. The van der Waals surface area contributed by atoms with Crippen LogP contribution < -0.4 is 21.3 Å². The zero-order valence-corrected chi connectivity index (χ0v) is 38.7. The molecule has 4 amide bonds. The van der Waals surface area contributed by atoms with Crippen LogP contribution in [-0.4, -0.2) is 48.8 Å². The SMILES string of the molecule is C.CC(=O)NC1CCC(C(C)C)CC1.CC(C)C1CCC(C(=O)NC2CC2)CC1.CC(C)C1CCC(C(=O)NC2CC2C)CC1.CNC(=O)C1CCC(C(C)C)CC1. The lowest BCUT2D eigenvalue weighted by atomic mass is 9.77. The minimum Gasteiger partial charge on any atom is -0.359 e. The molecule has 6 rings (SSSR count). The average Bonchev–Trinajstić information content (AvgIpc) is 4.14. The minimum absolute atomic E-state index is 0. The van der Waals surface area contributed by atoms with E-state index in [0.29, 0.717) is 47.7 Å². The summed E-state index contributed by atoms with van der Waals surface area (Å²) >= 11 is 0. The minimum atomic E-state index is 0. The van der Waals surface area contributed by atoms with Gasteiger partial charge in [0.05, 0.1) is 0 Å². The van der Waals surface area contributed by atoms with Crippen LogP contribution >= 0.6 is 0 Å². The van der Waals surface area contributed by atoms with Crippen molar-refractivity contribution in [2.45, 2.75) is 217 Å². The van der Waals surface area contributed by atoms with Gasteiger partial charge in [-0.2, -0.15) is 0 Å². The molecule has 0 bridgehead atoms. The molecule has 0 aromatic heterocycles. The Bertz CT molecular complexity index is 1180. The molecule has 0 aromatic carbocycles. The molecule has 2 atom stereocenters. The molecule has 6 aliphatic rings. The molecule has 0 heterocycles. The molecule has 6 aliphatic carbocycles. The second-order valence-electron chi connectivity index (χ2n) is 20.8. The lowest BCUT2D eigenvalue weighted by Crippen LogP contribution is -2.36. The van der Waals surface area contributed by atoms with Gasteiger partial charge in [-0.15, -0.1) is 0 Å². The highest BCUT2D eigenvalue weighted by molar-refractivity contribution is 5.80. The number of nitrogens with one attached hydrogen (secondary N) is 4. The molecule has 0 radical (unpaired) electrons. The molecule has 0 saturated heterocycles. The van der Waals surface area contributed by atoms with Crippen LogP contribution in [0.25, 0.3) is 0 Å². The van der Waals surface area contributed by atoms with Gasteiger partial charge in [0.15, 0.2) is 0 Å². The van der Waals surface area contributed by atoms with Gasteiger partial charge in [0, 0.05) is 49.9 Å². The van der Waals surface area contributed by atoms with Gasteiger partial charge in [0.25, 0.3) is 0 Å². The van der Waals surface area contributed by atoms with Gasteiger partial charge in [-0.25, -0.2) is 0 Å². The van der Waals surface area contributed by atoms with E-state index in [0.717, 1.165) is 91.8 Å². The lowest BCUT2D eigenvalue weighted by Gasteiger charge is -2.31. The average molecular weight is 815 g/mol. The van der Waals surface area contributed by atoms with E-state index in [1.54, 1.807) is 14.0 Å². The maximum absolute atomic E-state index is 12.0. The van der Waals surface area contributed by atoms with Crippen LogP contribution in [0.1, 0.15) is 199 Å². The zero-order valence-electron chi connectivity index (χ0n) is 38.7. The normalized spacial score (nSPS) is 31.8. The van der Waals surface area contributed by atoms with Crippen LogP contribution in [0.2, 0.25) is 0 Å². The summed E-state index contributed by atoms with van der Waals surface area (Å²) in [5.74, 6) is 9.25. The molecule has 4 N–H and O–H groups in total. The van der Waals surface area contributed by atoms with Crippen molar-refractivity contribution in [3.05, 3.63) is 0 Å². The molecule has 2 unspecified atom stereocenters. The number of amides is 4. The summed E-state index contributed by atoms with van der Waals surface area (Å²) in [6.45, 7) is 22.2. The summed E-state index contributed by atoms with van der Waals surface area (Å²) < 4.78 is 0. The topological polar surface area (TPSA) is 116 Å². The van der Waals surface area contributed by atoms with Crippen molar-refractivity contribution in [2.75, 3.05) is 7.05 Å². The van der Waals surface area contributed by atoms with Gasteiger partial charge in [0.2, 0.25) is 23.6 Å².